The third-order valence-electron chi connectivity index (χ3n) is 2.67. The van der Waals surface area contributed by atoms with Crippen molar-refractivity contribution >= 4 is 23.3 Å². The van der Waals surface area contributed by atoms with E-state index < -0.39 is 5.97 Å². The summed E-state index contributed by atoms with van der Waals surface area (Å²) in [5, 5.41) is 11.4. The molecule has 0 saturated carbocycles. The highest BCUT2D eigenvalue weighted by Crippen LogP contribution is 2.11. The fourth-order valence-electron chi connectivity index (χ4n) is 1.78. The van der Waals surface area contributed by atoms with Crippen LogP contribution in [-0.2, 0) is 9.59 Å². The van der Waals surface area contributed by atoms with Crippen LogP contribution < -0.4 is 5.32 Å². The Labute approximate surface area is 123 Å². The second-order valence-corrected chi connectivity index (χ2v) is 4.54. The monoisotopic (exact) mass is 290 g/mol. The molecule has 1 amide bonds. The summed E-state index contributed by atoms with van der Waals surface area (Å²) >= 11 is 0. The Kier molecular flexibility index (Phi) is 6.29. The first kappa shape index (κ1) is 16.6. The first-order valence-electron chi connectivity index (χ1n) is 6.38. The van der Waals surface area contributed by atoms with Crippen LogP contribution in [0.4, 0.5) is 5.69 Å². The van der Waals surface area contributed by atoms with Crippen molar-refractivity contribution in [2.75, 3.05) is 25.0 Å². The van der Waals surface area contributed by atoms with Gasteiger partial charge in [0.25, 0.3) is 0 Å². The number of nitrogens with zero attached hydrogens (tertiary/aromatic N) is 1. The van der Waals surface area contributed by atoms with E-state index in [1.54, 1.807) is 24.3 Å². The van der Waals surface area contributed by atoms with Crippen LogP contribution in [0.25, 0.3) is 0 Å². The zero-order valence-electron chi connectivity index (χ0n) is 11.8. The van der Waals surface area contributed by atoms with Gasteiger partial charge in [0.2, 0.25) is 5.91 Å². The average Bonchev–Trinajstić information content (AvgIpc) is 2.38. The largest absolute Gasteiger partial charge is 0.480 e. The quantitative estimate of drug-likeness (QED) is 0.558. The first-order valence-corrected chi connectivity index (χ1v) is 6.38. The SMILES string of the molecule is C=CCN(CC(=O)O)CC(=O)Nc1cccc(C(C)=O)c1. The second-order valence-electron chi connectivity index (χ2n) is 4.54. The molecule has 0 fully saturated rings. The number of carboxylic acids is 1. The number of carbonyl (C=O) groups is 3. The molecule has 0 saturated heterocycles. The van der Waals surface area contributed by atoms with Crippen molar-refractivity contribution in [3.63, 3.8) is 0 Å². The van der Waals surface area contributed by atoms with Crippen LogP contribution in [0.15, 0.2) is 36.9 Å². The molecule has 1 aromatic rings. The van der Waals surface area contributed by atoms with Gasteiger partial charge in [-0.15, -0.1) is 6.58 Å². The maximum atomic E-state index is 11.9. The number of hydrogen-bond donors (Lipinski definition) is 2. The minimum absolute atomic E-state index is 0.0668. The summed E-state index contributed by atoms with van der Waals surface area (Å²) in [6.07, 6.45) is 1.53. The number of anilines is 1. The number of aliphatic carboxylic acids is 1. The lowest BCUT2D eigenvalue weighted by atomic mass is 10.1. The lowest BCUT2D eigenvalue weighted by molar-refractivity contribution is -0.138. The van der Waals surface area contributed by atoms with E-state index in [9.17, 15) is 14.4 Å². The van der Waals surface area contributed by atoms with Crippen LogP contribution in [0.5, 0.6) is 0 Å². The predicted octanol–water partition coefficient (Wildman–Crippen LogP) is 1.40. The Balaban J connectivity index is 2.67. The van der Waals surface area contributed by atoms with Crippen molar-refractivity contribution in [3.05, 3.63) is 42.5 Å². The van der Waals surface area contributed by atoms with E-state index in [0.29, 0.717) is 17.8 Å². The lowest BCUT2D eigenvalue weighted by Gasteiger charge is -2.17. The van der Waals surface area contributed by atoms with Crippen molar-refractivity contribution < 1.29 is 19.5 Å². The Morgan fingerprint density at radius 1 is 1.33 bits per heavy atom. The molecule has 0 spiro atoms. The van der Waals surface area contributed by atoms with E-state index in [1.165, 1.54) is 17.9 Å². The molecule has 1 aromatic carbocycles. The molecule has 0 heterocycles. The smallest absolute Gasteiger partial charge is 0.317 e. The number of carbonyl (C=O) groups excluding carboxylic acids is 2. The highest BCUT2D eigenvalue weighted by molar-refractivity contribution is 5.97. The molecular formula is C15H18N2O4. The Bertz CT molecular complexity index is 554. The van der Waals surface area contributed by atoms with Crippen LogP contribution >= 0.6 is 0 Å². The van der Waals surface area contributed by atoms with Gasteiger partial charge in [-0.3, -0.25) is 19.3 Å². The van der Waals surface area contributed by atoms with Crippen molar-refractivity contribution in [1.82, 2.24) is 4.90 Å². The maximum absolute atomic E-state index is 11.9. The number of nitrogens with one attached hydrogen (secondary N) is 1. The van der Waals surface area contributed by atoms with E-state index in [2.05, 4.69) is 11.9 Å². The first-order chi connectivity index (χ1) is 9.92. The summed E-state index contributed by atoms with van der Waals surface area (Å²) in [5.41, 5.74) is 1.00. The van der Waals surface area contributed by atoms with E-state index in [4.69, 9.17) is 5.11 Å². The molecule has 0 aliphatic heterocycles. The molecule has 0 aliphatic rings. The van der Waals surface area contributed by atoms with Gasteiger partial charge in [0.05, 0.1) is 13.1 Å². The van der Waals surface area contributed by atoms with Gasteiger partial charge in [-0.2, -0.15) is 0 Å². The normalized spacial score (nSPS) is 10.2. The van der Waals surface area contributed by atoms with Gasteiger partial charge in [-0.25, -0.2) is 0 Å². The topological polar surface area (TPSA) is 86.7 Å². The molecule has 0 aromatic heterocycles. The number of carboxylic acid groups (broad SMARTS) is 1. The zero-order valence-corrected chi connectivity index (χ0v) is 11.8. The predicted molar refractivity (Wildman–Crippen MR) is 79.3 cm³/mol. The standard InChI is InChI=1S/C15H18N2O4/c1-3-7-17(10-15(20)21)9-14(19)16-13-6-4-5-12(8-13)11(2)18/h3-6,8H,1,7,9-10H2,2H3,(H,16,19)(H,20,21). The summed E-state index contributed by atoms with van der Waals surface area (Å²) < 4.78 is 0. The second kappa shape index (κ2) is 7.96. The molecule has 0 aliphatic carbocycles. The molecule has 6 heteroatoms. The fourth-order valence-corrected chi connectivity index (χ4v) is 1.78. The van der Waals surface area contributed by atoms with E-state index >= 15 is 0 Å². The Morgan fingerprint density at radius 2 is 2.05 bits per heavy atom. The van der Waals surface area contributed by atoms with Gasteiger partial charge >= 0.3 is 5.97 Å². The minimum atomic E-state index is -1.01. The van der Waals surface area contributed by atoms with Crippen LogP contribution in [-0.4, -0.2) is 47.3 Å². The van der Waals surface area contributed by atoms with Crippen molar-refractivity contribution in [2.24, 2.45) is 0 Å². The van der Waals surface area contributed by atoms with E-state index in [0.717, 1.165) is 0 Å². The van der Waals surface area contributed by atoms with E-state index in [-0.39, 0.29) is 24.8 Å². The van der Waals surface area contributed by atoms with Gasteiger partial charge in [0.15, 0.2) is 5.78 Å². The van der Waals surface area contributed by atoms with Gasteiger partial charge in [-0.05, 0) is 19.1 Å². The summed E-state index contributed by atoms with van der Waals surface area (Å²) in [6.45, 7) is 4.96. The lowest BCUT2D eigenvalue weighted by Crippen LogP contribution is -2.37. The van der Waals surface area contributed by atoms with Crippen molar-refractivity contribution in [3.8, 4) is 0 Å². The van der Waals surface area contributed by atoms with Crippen molar-refractivity contribution in [2.45, 2.75) is 6.92 Å². The number of amides is 1. The van der Waals surface area contributed by atoms with Crippen LogP contribution in [0.3, 0.4) is 0 Å². The molecule has 21 heavy (non-hydrogen) atoms. The molecule has 6 nitrogen and oxygen atoms in total. The number of rotatable bonds is 8. The number of hydrogen-bond acceptors (Lipinski definition) is 4. The van der Waals surface area contributed by atoms with Crippen LogP contribution in [0, 0.1) is 0 Å². The fraction of sp³-hybridized carbons (Fsp3) is 0.267. The van der Waals surface area contributed by atoms with Gasteiger partial charge in [0.1, 0.15) is 0 Å². The third kappa shape index (κ3) is 6.01. The van der Waals surface area contributed by atoms with Gasteiger partial charge in [-0.1, -0.05) is 18.2 Å². The summed E-state index contributed by atoms with van der Waals surface area (Å²) in [5.74, 6) is -1.45. The molecule has 0 unspecified atom stereocenters. The molecule has 0 bridgehead atoms. The number of benzene rings is 1. The highest BCUT2D eigenvalue weighted by Gasteiger charge is 2.13. The molecule has 112 valence electrons. The zero-order chi connectivity index (χ0) is 15.8. The third-order valence-corrected chi connectivity index (χ3v) is 2.67. The average molecular weight is 290 g/mol. The number of Topliss-reactive ketones (excluding diaryl/α,β-unsaturated/α-hetero) is 1. The van der Waals surface area contributed by atoms with Crippen molar-refractivity contribution in [1.29, 1.82) is 0 Å². The molecule has 0 radical (unpaired) electrons. The molecular weight excluding hydrogens is 272 g/mol. The highest BCUT2D eigenvalue weighted by atomic mass is 16.4. The molecule has 0 atom stereocenters. The maximum Gasteiger partial charge on any atom is 0.317 e. The molecule has 1 rings (SSSR count). The van der Waals surface area contributed by atoms with Gasteiger partial charge in [0, 0.05) is 17.8 Å². The Hall–Kier alpha value is -2.47. The summed E-state index contributed by atoms with van der Waals surface area (Å²) in [6, 6.07) is 6.58. The summed E-state index contributed by atoms with van der Waals surface area (Å²) in [7, 11) is 0. The van der Waals surface area contributed by atoms with E-state index in [1.807, 2.05) is 0 Å². The minimum Gasteiger partial charge on any atom is -0.480 e. The molecule has 2 N–H and O–H groups in total. The number of ketones is 1. The Morgan fingerprint density at radius 3 is 2.62 bits per heavy atom. The van der Waals surface area contributed by atoms with Crippen LogP contribution in [0.2, 0.25) is 0 Å². The van der Waals surface area contributed by atoms with Gasteiger partial charge < -0.3 is 10.4 Å². The van der Waals surface area contributed by atoms with Crippen LogP contribution in [0.1, 0.15) is 17.3 Å². The summed E-state index contributed by atoms with van der Waals surface area (Å²) in [4.78, 5) is 35.3.